The Hall–Kier alpha value is -3.25. The number of allylic oxidation sites excluding steroid dienone is 4. The monoisotopic (exact) mass is 952 g/mol. The molecule has 13 N–H and O–H groups in total. The van der Waals surface area contributed by atoms with Crippen molar-refractivity contribution in [2.24, 2.45) is 51.5 Å². The molecule has 0 radical (unpaired) electrons. The van der Waals surface area contributed by atoms with Gasteiger partial charge in [0.1, 0.15) is 35.8 Å². The number of ketones is 2. The number of carbonyl (C=O) groups is 4. The minimum absolute atomic E-state index is 0.0430. The van der Waals surface area contributed by atoms with Gasteiger partial charge in [0.15, 0.2) is 29.9 Å². The number of likely N-dealkylation sites (N-methyl/N-ethyl adjacent to an activating group) is 1. The molecular weight excluding hydrogens is 878 g/mol. The molecule has 0 aromatic rings. The lowest BCUT2D eigenvalue weighted by atomic mass is 9.44. The van der Waals surface area contributed by atoms with Crippen molar-refractivity contribution in [2.75, 3.05) is 26.8 Å². The van der Waals surface area contributed by atoms with Crippen molar-refractivity contribution >= 4 is 23.5 Å². The molecule has 378 valence electrons. The molecule has 0 aromatic heterocycles. The zero-order valence-corrected chi connectivity index (χ0v) is 39.7. The lowest BCUT2D eigenvalue weighted by Gasteiger charge is -2.62. The maximum absolute atomic E-state index is 17.4. The number of Topliss-reactive ketones (excluding diaryl/α,β-unsaturated/α-hetero) is 1. The van der Waals surface area contributed by atoms with Gasteiger partial charge in [-0.15, -0.1) is 0 Å². The van der Waals surface area contributed by atoms with Crippen molar-refractivity contribution in [1.29, 1.82) is 0 Å². The van der Waals surface area contributed by atoms with E-state index in [0.29, 0.717) is 43.4 Å². The second kappa shape index (κ2) is 20.2. The van der Waals surface area contributed by atoms with Crippen LogP contribution in [0.15, 0.2) is 35.6 Å². The van der Waals surface area contributed by atoms with Crippen molar-refractivity contribution < 1.29 is 72.4 Å². The molecule has 0 spiro atoms. The second-order valence-electron chi connectivity index (χ2n) is 20.2. The zero-order valence-electron chi connectivity index (χ0n) is 39.7. The van der Waals surface area contributed by atoms with Crippen molar-refractivity contribution in [3.05, 3.63) is 35.6 Å². The maximum Gasteiger partial charge on any atom is 0.306 e. The van der Waals surface area contributed by atoms with Crippen molar-refractivity contribution in [2.45, 2.75) is 177 Å². The van der Waals surface area contributed by atoms with E-state index >= 15 is 4.39 Å². The van der Waals surface area contributed by atoms with Crippen LogP contribution < -0.4 is 28.3 Å². The zero-order chi connectivity index (χ0) is 49.6. The van der Waals surface area contributed by atoms with Crippen LogP contribution in [0.4, 0.5) is 4.39 Å². The van der Waals surface area contributed by atoms with E-state index in [2.05, 4.69) is 5.32 Å². The molecule has 19 nitrogen and oxygen atoms in total. The van der Waals surface area contributed by atoms with Gasteiger partial charge in [0.25, 0.3) is 0 Å². The molecule has 0 aromatic carbocycles. The van der Waals surface area contributed by atoms with E-state index < -0.39 is 131 Å². The Morgan fingerprint density at radius 3 is 2.19 bits per heavy atom. The summed E-state index contributed by atoms with van der Waals surface area (Å²) in [7, 11) is 1.62. The first-order valence-electron chi connectivity index (χ1n) is 23.6. The summed E-state index contributed by atoms with van der Waals surface area (Å²) in [6, 6.07) is -2.37. The van der Waals surface area contributed by atoms with Gasteiger partial charge in [-0.3, -0.25) is 19.2 Å². The highest BCUT2D eigenvalue weighted by Gasteiger charge is 2.77. The van der Waals surface area contributed by atoms with Crippen LogP contribution in [-0.2, 0) is 47.6 Å². The maximum atomic E-state index is 17.4. The Bertz CT molecular complexity index is 1960. The molecule has 1 saturated heterocycles. The smallest absolute Gasteiger partial charge is 0.306 e. The number of hydrogen-bond donors (Lipinski definition) is 9. The molecule has 19 atom stereocenters. The van der Waals surface area contributed by atoms with Crippen LogP contribution in [0.25, 0.3) is 0 Å². The fourth-order valence-electron chi connectivity index (χ4n) is 12.4. The first-order chi connectivity index (χ1) is 31.4. The third kappa shape index (κ3) is 9.31. The number of esters is 2. The molecule has 2 aliphatic heterocycles. The first kappa shape index (κ1) is 53.1. The number of halogens is 1. The number of rotatable bonds is 12. The van der Waals surface area contributed by atoms with Crippen LogP contribution in [0.5, 0.6) is 0 Å². The molecule has 67 heavy (non-hydrogen) atoms. The SMILES string of the molecule is CCC(=O)OCC(=O)[C@@]1(OC(=O)CC)[C@@H](C)C[C@H]2[C@@H]3CCC4=CC(=O)C=C[C@]4(C)[C@@]3(F)[C@@H](O)C[C@@]21C.CN[C@@H]1[C@@H](O)[C@@H](O[C@@H]2[C@@H](O)[C@H](O[C@H]3OC(CN)=CC[C@H]3N)[C@@H](N)C[C@H]2N)OC[C@]1(C)O. The topological polar surface area (TPSA) is 321 Å². The lowest BCUT2D eigenvalue weighted by molar-refractivity contribution is -0.303. The van der Waals surface area contributed by atoms with Gasteiger partial charge in [-0.1, -0.05) is 39.3 Å². The molecule has 4 saturated carbocycles. The molecule has 7 aliphatic rings. The van der Waals surface area contributed by atoms with E-state index in [9.17, 15) is 39.6 Å². The molecule has 5 fully saturated rings. The summed E-state index contributed by atoms with van der Waals surface area (Å²) in [5.41, 5.74) is 17.6. The summed E-state index contributed by atoms with van der Waals surface area (Å²) in [6.45, 7) is 9.74. The van der Waals surface area contributed by atoms with Gasteiger partial charge in [0.2, 0.25) is 12.1 Å². The van der Waals surface area contributed by atoms with Crippen LogP contribution >= 0.6 is 0 Å². The molecule has 0 amide bonds. The van der Waals surface area contributed by atoms with E-state index in [0.717, 1.165) is 0 Å². The van der Waals surface area contributed by atoms with Crippen LogP contribution in [0.1, 0.15) is 92.9 Å². The molecule has 7 rings (SSSR count). The Morgan fingerprint density at radius 1 is 0.940 bits per heavy atom. The number of ether oxygens (including phenoxy) is 6. The van der Waals surface area contributed by atoms with E-state index in [4.69, 9.17) is 51.4 Å². The number of nitrogens with one attached hydrogen (secondary N) is 1. The van der Waals surface area contributed by atoms with Gasteiger partial charge in [0.05, 0.1) is 31.3 Å². The lowest BCUT2D eigenvalue weighted by Crippen LogP contribution is -2.70. The number of aliphatic hydroxyl groups is 4. The second-order valence-corrected chi connectivity index (χ2v) is 20.2. The Morgan fingerprint density at radius 2 is 1.58 bits per heavy atom. The Balaban J connectivity index is 0.000000224. The predicted octanol–water partition coefficient (Wildman–Crippen LogP) is -0.0340. The summed E-state index contributed by atoms with van der Waals surface area (Å²) in [4.78, 5) is 50.3. The highest BCUT2D eigenvalue weighted by molar-refractivity contribution is 6.01. The standard InChI is InChI=1S/C28H37FO7.C19H37N5O7/c1-6-23(33)35-15-22(32)28(36-24(34)7-2)16(3)12-20-19-9-8-17-13-18(30)10-11-25(17,4)27(19,29)21(31)14-26(20,28)5;1-19(27)7-28-18(13(26)16(19)24-2)31-15-11(23)5-10(22)14(12(15)25)30-17-9(21)4-3-8(6-20)29-17/h10-11,13,16,19-21,31H,6-9,12,14-15H2,1-5H3;3,9-18,24-27H,4-7,20-23H2,1-2H3/t16-,19-,20-,21-,25-,26-,27-,28-;9-,10+,11-,12+,13-,14-,15+,16-,17-,18-,19+/m01/s1. The largest absolute Gasteiger partial charge is 0.467 e. The van der Waals surface area contributed by atoms with Gasteiger partial charge in [-0.2, -0.15) is 0 Å². The number of fused-ring (bicyclic) bond motifs is 5. The summed E-state index contributed by atoms with van der Waals surface area (Å²) in [5, 5.41) is 46.5. The fraction of sp³-hybridized carbons (Fsp3) is 0.787. The first-order valence-corrected chi connectivity index (χ1v) is 23.6. The van der Waals surface area contributed by atoms with E-state index in [1.54, 1.807) is 53.8 Å². The number of hydrogen-bond acceptors (Lipinski definition) is 19. The average Bonchev–Trinajstić information content (AvgIpc) is 3.49. The summed E-state index contributed by atoms with van der Waals surface area (Å²) >= 11 is 0. The van der Waals surface area contributed by atoms with Crippen LogP contribution in [0.2, 0.25) is 0 Å². The van der Waals surface area contributed by atoms with Crippen LogP contribution in [0.3, 0.4) is 0 Å². The molecular formula is C47H74FN5O14. The van der Waals surface area contributed by atoms with E-state index in [-0.39, 0.29) is 44.1 Å². The number of aliphatic hydroxyl groups excluding tert-OH is 3. The number of nitrogens with two attached hydrogens (primary N) is 4. The summed E-state index contributed by atoms with van der Waals surface area (Å²) in [5.74, 6) is -2.75. The quantitative estimate of drug-likeness (QED) is 0.116. The molecule has 0 unspecified atom stereocenters. The molecule has 2 heterocycles. The van der Waals surface area contributed by atoms with E-state index in [1.165, 1.54) is 12.2 Å². The van der Waals surface area contributed by atoms with Crippen molar-refractivity contribution in [3.63, 3.8) is 0 Å². The van der Waals surface area contributed by atoms with Gasteiger partial charge in [-0.25, -0.2) is 4.39 Å². The van der Waals surface area contributed by atoms with Crippen molar-refractivity contribution in [1.82, 2.24) is 5.32 Å². The number of carbonyl (C=O) groups excluding carboxylic acids is 4. The summed E-state index contributed by atoms with van der Waals surface area (Å²) < 4.78 is 51.6. The number of alkyl halides is 1. The van der Waals surface area contributed by atoms with Gasteiger partial charge in [0, 0.05) is 47.6 Å². The molecule has 0 bridgehead atoms. The minimum atomic E-state index is -2.05. The van der Waals surface area contributed by atoms with Gasteiger partial charge < -0.3 is 77.1 Å². The average molecular weight is 952 g/mol. The van der Waals surface area contributed by atoms with Gasteiger partial charge in [-0.05, 0) is 83.6 Å². The van der Waals surface area contributed by atoms with Crippen LogP contribution in [0, 0.1) is 28.6 Å². The third-order valence-corrected chi connectivity index (χ3v) is 16.0. The highest BCUT2D eigenvalue weighted by atomic mass is 19.1. The van der Waals surface area contributed by atoms with Crippen molar-refractivity contribution in [3.8, 4) is 0 Å². The van der Waals surface area contributed by atoms with Crippen LogP contribution in [-0.4, -0.2) is 155 Å². The molecule has 5 aliphatic carbocycles. The van der Waals surface area contributed by atoms with Gasteiger partial charge >= 0.3 is 11.9 Å². The fourth-order valence-corrected chi connectivity index (χ4v) is 12.4. The highest BCUT2D eigenvalue weighted by Crippen LogP contribution is 2.71. The normalized spacial score (nSPS) is 45.7. The minimum Gasteiger partial charge on any atom is -0.467 e. The Kier molecular flexibility index (Phi) is 16.0. The predicted molar refractivity (Wildman–Crippen MR) is 238 cm³/mol. The van der Waals surface area contributed by atoms with E-state index in [1.807, 2.05) is 6.92 Å². The Labute approximate surface area is 391 Å². The summed E-state index contributed by atoms with van der Waals surface area (Å²) in [6.07, 6.45) is 0.755. The molecule has 20 heteroatoms. The third-order valence-electron chi connectivity index (χ3n) is 16.0.